The summed E-state index contributed by atoms with van der Waals surface area (Å²) in [7, 11) is 1.74. The fraction of sp³-hybridized carbons (Fsp3) is 0.917. The SMILES string of the molecule is CNC(C)C(O)C(=O)NCC1CCCCC1. The summed E-state index contributed by atoms with van der Waals surface area (Å²) >= 11 is 0. The molecule has 0 radical (unpaired) electrons. The molecule has 4 heteroatoms. The molecule has 1 aliphatic rings. The van der Waals surface area contributed by atoms with Crippen LogP contribution in [-0.2, 0) is 4.79 Å². The molecule has 0 aliphatic heterocycles. The minimum Gasteiger partial charge on any atom is -0.382 e. The van der Waals surface area contributed by atoms with Gasteiger partial charge in [-0.2, -0.15) is 0 Å². The molecular formula is C12H24N2O2. The van der Waals surface area contributed by atoms with E-state index in [4.69, 9.17) is 0 Å². The first kappa shape index (κ1) is 13.5. The van der Waals surface area contributed by atoms with E-state index in [1.807, 2.05) is 0 Å². The molecule has 1 aliphatic carbocycles. The lowest BCUT2D eigenvalue weighted by Crippen LogP contribution is -2.47. The van der Waals surface area contributed by atoms with Gasteiger partial charge in [-0.1, -0.05) is 19.3 Å². The second-order valence-electron chi connectivity index (χ2n) is 4.77. The van der Waals surface area contributed by atoms with Gasteiger partial charge < -0.3 is 15.7 Å². The molecule has 0 bridgehead atoms. The number of carbonyl (C=O) groups is 1. The molecule has 0 spiro atoms. The van der Waals surface area contributed by atoms with E-state index in [0.717, 1.165) is 0 Å². The van der Waals surface area contributed by atoms with Crippen molar-refractivity contribution >= 4 is 5.91 Å². The number of hydrogen-bond donors (Lipinski definition) is 3. The van der Waals surface area contributed by atoms with Gasteiger partial charge in [0.2, 0.25) is 5.91 Å². The number of likely N-dealkylation sites (N-methyl/N-ethyl adjacent to an activating group) is 1. The van der Waals surface area contributed by atoms with Gasteiger partial charge in [-0.3, -0.25) is 4.79 Å². The first-order valence-corrected chi connectivity index (χ1v) is 6.28. The van der Waals surface area contributed by atoms with E-state index in [9.17, 15) is 9.90 Å². The van der Waals surface area contributed by atoms with Crippen LogP contribution in [0.2, 0.25) is 0 Å². The smallest absolute Gasteiger partial charge is 0.250 e. The second kappa shape index (κ2) is 6.86. The van der Waals surface area contributed by atoms with Crippen LogP contribution in [0.5, 0.6) is 0 Å². The first-order chi connectivity index (χ1) is 7.65. The lowest BCUT2D eigenvalue weighted by atomic mass is 9.89. The van der Waals surface area contributed by atoms with Crippen molar-refractivity contribution in [3.8, 4) is 0 Å². The summed E-state index contributed by atoms with van der Waals surface area (Å²) in [6, 6.07) is -0.202. The molecule has 4 nitrogen and oxygen atoms in total. The number of amides is 1. The molecule has 0 aromatic heterocycles. The number of aliphatic hydroxyl groups excluding tert-OH is 1. The van der Waals surface area contributed by atoms with Gasteiger partial charge in [0.15, 0.2) is 0 Å². The number of aliphatic hydroxyl groups is 1. The molecule has 3 N–H and O–H groups in total. The second-order valence-corrected chi connectivity index (χ2v) is 4.77. The number of carbonyl (C=O) groups excluding carboxylic acids is 1. The Morgan fingerprint density at radius 2 is 2.00 bits per heavy atom. The predicted octanol–water partition coefficient (Wildman–Crippen LogP) is 0.652. The maximum atomic E-state index is 11.6. The Hall–Kier alpha value is -0.610. The van der Waals surface area contributed by atoms with Gasteiger partial charge in [0.1, 0.15) is 6.10 Å². The molecule has 1 amide bonds. The van der Waals surface area contributed by atoms with Crippen LogP contribution in [0.3, 0.4) is 0 Å². The van der Waals surface area contributed by atoms with Crippen LogP contribution in [0.15, 0.2) is 0 Å². The van der Waals surface area contributed by atoms with Gasteiger partial charge in [0.05, 0.1) is 0 Å². The first-order valence-electron chi connectivity index (χ1n) is 6.28. The zero-order chi connectivity index (χ0) is 12.0. The molecular weight excluding hydrogens is 204 g/mol. The Kier molecular flexibility index (Phi) is 5.77. The zero-order valence-electron chi connectivity index (χ0n) is 10.3. The molecule has 0 heterocycles. The molecule has 0 aromatic rings. The average Bonchev–Trinajstić information content (AvgIpc) is 2.35. The Morgan fingerprint density at radius 1 is 1.38 bits per heavy atom. The predicted molar refractivity (Wildman–Crippen MR) is 64.1 cm³/mol. The third-order valence-electron chi connectivity index (χ3n) is 3.49. The summed E-state index contributed by atoms with van der Waals surface area (Å²) in [4.78, 5) is 11.6. The van der Waals surface area contributed by atoms with Crippen LogP contribution in [0.4, 0.5) is 0 Å². The molecule has 1 fully saturated rings. The fourth-order valence-electron chi connectivity index (χ4n) is 2.13. The topological polar surface area (TPSA) is 61.4 Å². The van der Waals surface area contributed by atoms with E-state index in [1.165, 1.54) is 32.1 Å². The summed E-state index contributed by atoms with van der Waals surface area (Å²) in [6.45, 7) is 2.51. The van der Waals surface area contributed by atoms with Gasteiger partial charge in [0, 0.05) is 12.6 Å². The van der Waals surface area contributed by atoms with E-state index in [2.05, 4.69) is 10.6 Å². The normalized spacial score (nSPS) is 21.4. The monoisotopic (exact) mass is 228 g/mol. The van der Waals surface area contributed by atoms with Gasteiger partial charge in [-0.05, 0) is 32.7 Å². The van der Waals surface area contributed by atoms with Crippen LogP contribution < -0.4 is 10.6 Å². The van der Waals surface area contributed by atoms with E-state index in [-0.39, 0.29) is 11.9 Å². The minimum absolute atomic E-state index is 0.202. The van der Waals surface area contributed by atoms with Crippen LogP contribution in [0.1, 0.15) is 39.0 Å². The summed E-state index contributed by atoms with van der Waals surface area (Å²) in [5, 5.41) is 15.4. The highest BCUT2D eigenvalue weighted by Gasteiger charge is 2.22. The van der Waals surface area contributed by atoms with Gasteiger partial charge in [0.25, 0.3) is 0 Å². The van der Waals surface area contributed by atoms with Crippen molar-refractivity contribution in [3.63, 3.8) is 0 Å². The summed E-state index contributed by atoms with van der Waals surface area (Å²) in [5.41, 5.74) is 0. The average molecular weight is 228 g/mol. The van der Waals surface area contributed by atoms with E-state index >= 15 is 0 Å². The highest BCUT2D eigenvalue weighted by Crippen LogP contribution is 2.22. The Labute approximate surface area is 97.8 Å². The molecule has 2 atom stereocenters. The number of hydrogen-bond acceptors (Lipinski definition) is 3. The molecule has 0 saturated heterocycles. The Balaban J connectivity index is 2.23. The van der Waals surface area contributed by atoms with Crippen molar-refractivity contribution in [2.24, 2.45) is 5.92 Å². The maximum Gasteiger partial charge on any atom is 0.250 e. The van der Waals surface area contributed by atoms with Crippen molar-refractivity contribution in [1.29, 1.82) is 0 Å². The molecule has 1 rings (SSSR count). The molecule has 16 heavy (non-hydrogen) atoms. The van der Waals surface area contributed by atoms with Crippen LogP contribution in [-0.4, -0.2) is 36.8 Å². The lowest BCUT2D eigenvalue weighted by molar-refractivity contribution is -0.130. The van der Waals surface area contributed by atoms with Crippen molar-refractivity contribution < 1.29 is 9.90 Å². The largest absolute Gasteiger partial charge is 0.382 e. The van der Waals surface area contributed by atoms with Crippen LogP contribution in [0.25, 0.3) is 0 Å². The van der Waals surface area contributed by atoms with Gasteiger partial charge in [-0.15, -0.1) is 0 Å². The van der Waals surface area contributed by atoms with Crippen molar-refractivity contribution in [2.45, 2.75) is 51.2 Å². The quantitative estimate of drug-likeness (QED) is 0.647. The highest BCUT2D eigenvalue weighted by molar-refractivity contribution is 5.81. The maximum absolute atomic E-state index is 11.6. The van der Waals surface area contributed by atoms with Gasteiger partial charge in [-0.25, -0.2) is 0 Å². The molecule has 0 aromatic carbocycles. The van der Waals surface area contributed by atoms with E-state index in [0.29, 0.717) is 12.5 Å². The molecule has 2 unspecified atom stereocenters. The Morgan fingerprint density at radius 3 is 2.56 bits per heavy atom. The van der Waals surface area contributed by atoms with Crippen LogP contribution >= 0.6 is 0 Å². The molecule has 94 valence electrons. The fourth-order valence-corrected chi connectivity index (χ4v) is 2.13. The van der Waals surface area contributed by atoms with E-state index < -0.39 is 6.10 Å². The van der Waals surface area contributed by atoms with E-state index in [1.54, 1.807) is 14.0 Å². The standard InChI is InChI=1S/C12H24N2O2/c1-9(13-2)11(15)12(16)14-8-10-6-4-3-5-7-10/h9-11,13,15H,3-8H2,1-2H3,(H,14,16). The zero-order valence-corrected chi connectivity index (χ0v) is 10.3. The Bertz CT molecular complexity index is 215. The lowest BCUT2D eigenvalue weighted by Gasteiger charge is -2.23. The third kappa shape index (κ3) is 4.10. The molecule has 1 saturated carbocycles. The van der Waals surface area contributed by atoms with Crippen molar-refractivity contribution in [3.05, 3.63) is 0 Å². The van der Waals surface area contributed by atoms with Crippen LogP contribution in [0, 0.1) is 5.92 Å². The van der Waals surface area contributed by atoms with Crippen molar-refractivity contribution in [2.75, 3.05) is 13.6 Å². The summed E-state index contributed by atoms with van der Waals surface area (Å²) in [6.07, 6.45) is 5.33. The summed E-state index contributed by atoms with van der Waals surface area (Å²) < 4.78 is 0. The number of rotatable bonds is 5. The third-order valence-corrected chi connectivity index (χ3v) is 3.49. The minimum atomic E-state index is -0.950. The summed E-state index contributed by atoms with van der Waals surface area (Å²) in [5.74, 6) is 0.349. The van der Waals surface area contributed by atoms with Crippen molar-refractivity contribution in [1.82, 2.24) is 10.6 Å². The highest BCUT2D eigenvalue weighted by atomic mass is 16.3. The number of nitrogens with one attached hydrogen (secondary N) is 2. The van der Waals surface area contributed by atoms with Gasteiger partial charge >= 0.3 is 0 Å².